The molecule has 9 nitrogen and oxygen atoms in total. The lowest BCUT2D eigenvalue weighted by Crippen LogP contribution is -2.57. The summed E-state index contributed by atoms with van der Waals surface area (Å²) in [7, 11) is 0. The minimum atomic E-state index is -3.13. The number of anilines is 3. The molecule has 0 unspecified atom stereocenters. The number of nitrogens with zero attached hydrogens (tertiary/aromatic N) is 5. The number of pyridine rings is 1. The average molecular weight is 810 g/mol. The zero-order chi connectivity index (χ0) is 39.1. The fourth-order valence-electron chi connectivity index (χ4n) is 8.22. The standard InChI is InChI=1S/C29H28F2N4O2.C14H15BrN2O/c1-18-4-7-22(34-27(36)20-8-9-33-25(13-20)29(3,30)31)14-23(18)19-5-6-21-15-28(2,17-32)26-16-37-11-10-35(26)24(21)12-19;1-14(9-16)7-10-2-3-11(15)6-12(10)17-4-5-18-8-13(14)17/h4-9,12-14,26H,10-11,15-16H2,1-3H3,(H,34,36);2-3,6,13H,4-5,7-8H2,1H3/t26-,28-;13-,14-/m00/s1. The van der Waals surface area contributed by atoms with E-state index < -0.39 is 22.9 Å². The molecule has 4 aromatic rings. The van der Waals surface area contributed by atoms with Gasteiger partial charge in [-0.05, 0) is 104 Å². The number of morpholine rings is 2. The number of amides is 1. The molecule has 3 aromatic carbocycles. The van der Waals surface area contributed by atoms with Crippen molar-refractivity contribution < 1.29 is 23.0 Å². The quantitative estimate of drug-likeness (QED) is 0.219. The maximum absolute atomic E-state index is 13.7. The van der Waals surface area contributed by atoms with Crippen molar-refractivity contribution in [1.29, 1.82) is 10.5 Å². The van der Waals surface area contributed by atoms with Crippen LogP contribution >= 0.6 is 15.9 Å². The van der Waals surface area contributed by atoms with Crippen LogP contribution in [0.3, 0.4) is 0 Å². The minimum absolute atomic E-state index is 0.0125. The Labute approximate surface area is 329 Å². The number of benzene rings is 3. The summed E-state index contributed by atoms with van der Waals surface area (Å²) in [5, 5.41) is 22.3. The number of carbonyl (C=O) groups is 1. The Morgan fingerprint density at radius 2 is 1.49 bits per heavy atom. The van der Waals surface area contributed by atoms with E-state index in [0.29, 0.717) is 31.9 Å². The van der Waals surface area contributed by atoms with Gasteiger partial charge >= 0.3 is 0 Å². The van der Waals surface area contributed by atoms with E-state index >= 15 is 0 Å². The number of nitrogens with one attached hydrogen (secondary N) is 1. The molecule has 284 valence electrons. The van der Waals surface area contributed by atoms with Crippen molar-refractivity contribution in [3.05, 3.63) is 105 Å². The summed E-state index contributed by atoms with van der Waals surface area (Å²) in [6.45, 7) is 10.9. The van der Waals surface area contributed by atoms with Crippen molar-refractivity contribution in [2.75, 3.05) is 54.6 Å². The number of ether oxygens (including phenoxy) is 2. The van der Waals surface area contributed by atoms with Gasteiger partial charge in [0.05, 0.1) is 61.5 Å². The van der Waals surface area contributed by atoms with Gasteiger partial charge in [0.15, 0.2) is 0 Å². The molecular formula is C43H43BrF2N6O3. The molecule has 0 spiro atoms. The molecule has 4 atom stereocenters. The lowest BCUT2D eigenvalue weighted by molar-refractivity contribution is 0.0127. The Bertz CT molecular complexity index is 2220. The van der Waals surface area contributed by atoms with Crippen molar-refractivity contribution in [3.8, 4) is 23.3 Å². The van der Waals surface area contributed by atoms with Gasteiger partial charge in [0, 0.05) is 53.3 Å². The lowest BCUT2D eigenvalue weighted by Gasteiger charge is -2.49. The van der Waals surface area contributed by atoms with Crippen LogP contribution in [0, 0.1) is 40.4 Å². The van der Waals surface area contributed by atoms with E-state index in [1.54, 1.807) is 6.07 Å². The number of hydrogen-bond donors (Lipinski definition) is 1. The molecule has 4 aliphatic heterocycles. The minimum Gasteiger partial charge on any atom is -0.377 e. The molecule has 0 saturated carbocycles. The maximum Gasteiger partial charge on any atom is 0.286 e. The summed E-state index contributed by atoms with van der Waals surface area (Å²) in [6, 6.07) is 25.9. The molecule has 1 N–H and O–H groups in total. The third-order valence-corrected chi connectivity index (χ3v) is 11.9. The molecule has 4 aliphatic rings. The fourth-order valence-corrected chi connectivity index (χ4v) is 8.57. The maximum atomic E-state index is 13.7. The molecule has 1 amide bonds. The van der Waals surface area contributed by atoms with E-state index in [4.69, 9.17) is 9.47 Å². The third kappa shape index (κ3) is 7.56. The predicted octanol–water partition coefficient (Wildman–Crippen LogP) is 8.45. The summed E-state index contributed by atoms with van der Waals surface area (Å²) < 4.78 is 39.7. The Morgan fingerprint density at radius 3 is 2.09 bits per heavy atom. The number of aryl methyl sites for hydroxylation is 1. The van der Waals surface area contributed by atoms with Gasteiger partial charge in [-0.25, -0.2) is 0 Å². The van der Waals surface area contributed by atoms with Crippen LogP contribution < -0.4 is 15.1 Å². The zero-order valence-corrected chi connectivity index (χ0v) is 32.9. The van der Waals surface area contributed by atoms with Crippen LogP contribution in [0.5, 0.6) is 0 Å². The van der Waals surface area contributed by atoms with Gasteiger partial charge in [-0.2, -0.15) is 19.3 Å². The number of nitriles is 2. The van der Waals surface area contributed by atoms with Crippen molar-refractivity contribution in [2.45, 2.75) is 58.5 Å². The molecule has 0 radical (unpaired) electrons. The second-order valence-corrected chi connectivity index (χ2v) is 16.3. The molecule has 55 heavy (non-hydrogen) atoms. The van der Waals surface area contributed by atoms with Crippen LogP contribution in [0.4, 0.5) is 25.8 Å². The highest BCUT2D eigenvalue weighted by molar-refractivity contribution is 9.10. The highest BCUT2D eigenvalue weighted by atomic mass is 79.9. The first-order chi connectivity index (χ1) is 26.2. The Kier molecular flexibility index (Phi) is 10.5. The largest absolute Gasteiger partial charge is 0.377 e. The normalized spacial score (nSPS) is 24.0. The van der Waals surface area contributed by atoms with E-state index in [-0.39, 0.29) is 23.1 Å². The van der Waals surface area contributed by atoms with Gasteiger partial charge in [0.1, 0.15) is 5.69 Å². The smallest absolute Gasteiger partial charge is 0.286 e. The number of rotatable bonds is 4. The highest BCUT2D eigenvalue weighted by Crippen LogP contribution is 2.45. The Balaban J connectivity index is 0.000000215. The molecule has 0 aliphatic carbocycles. The average Bonchev–Trinajstić information content (AvgIpc) is 3.19. The first-order valence-electron chi connectivity index (χ1n) is 18.4. The highest BCUT2D eigenvalue weighted by Gasteiger charge is 2.46. The van der Waals surface area contributed by atoms with Crippen LogP contribution in [0.2, 0.25) is 0 Å². The summed E-state index contributed by atoms with van der Waals surface area (Å²) in [5.74, 6) is -3.62. The molecular weight excluding hydrogens is 766 g/mol. The first-order valence-corrected chi connectivity index (χ1v) is 19.2. The fraction of sp³-hybridized carbons (Fsp3) is 0.395. The van der Waals surface area contributed by atoms with Crippen molar-refractivity contribution in [3.63, 3.8) is 0 Å². The Morgan fingerprint density at radius 1 is 0.891 bits per heavy atom. The number of halogens is 3. The van der Waals surface area contributed by atoms with E-state index in [1.165, 1.54) is 23.5 Å². The van der Waals surface area contributed by atoms with Crippen molar-refractivity contribution in [1.82, 2.24) is 4.98 Å². The Hall–Kier alpha value is -4.88. The van der Waals surface area contributed by atoms with Crippen LogP contribution in [0.15, 0.2) is 77.4 Å². The third-order valence-electron chi connectivity index (χ3n) is 11.4. The SMILES string of the molecule is C[C@@]1(C#N)Cc2ccc(Br)cc2N2CCOC[C@H]21.Cc1ccc(NC(=O)c2ccnc(C(C)(F)F)c2)cc1-c1ccc2c(c1)N1CCOC[C@H]1[C@](C)(C#N)C2. The number of hydrogen-bond acceptors (Lipinski definition) is 8. The number of alkyl halides is 2. The number of carbonyl (C=O) groups excluding carboxylic acids is 1. The van der Waals surface area contributed by atoms with Gasteiger partial charge < -0.3 is 24.6 Å². The lowest BCUT2D eigenvalue weighted by atomic mass is 9.73. The van der Waals surface area contributed by atoms with Gasteiger partial charge in [-0.15, -0.1) is 0 Å². The summed E-state index contributed by atoms with van der Waals surface area (Å²) >= 11 is 3.53. The topological polar surface area (TPSA) is 115 Å². The number of fused-ring (bicyclic) bond motifs is 6. The number of aromatic nitrogens is 1. The zero-order valence-electron chi connectivity index (χ0n) is 31.3. The van der Waals surface area contributed by atoms with Crippen LogP contribution in [0.25, 0.3) is 11.1 Å². The molecule has 0 bridgehead atoms. The summed E-state index contributed by atoms with van der Waals surface area (Å²) in [4.78, 5) is 21.2. The van der Waals surface area contributed by atoms with Crippen molar-refractivity contribution in [2.24, 2.45) is 10.8 Å². The van der Waals surface area contributed by atoms with Crippen LogP contribution in [-0.4, -0.2) is 62.5 Å². The van der Waals surface area contributed by atoms with E-state index in [2.05, 4.69) is 78.5 Å². The molecule has 2 saturated heterocycles. The van der Waals surface area contributed by atoms with Crippen molar-refractivity contribution >= 4 is 38.9 Å². The first kappa shape index (κ1) is 38.4. The molecule has 2 fully saturated rings. The van der Waals surface area contributed by atoms with E-state index in [1.807, 2.05) is 39.0 Å². The molecule has 1 aromatic heterocycles. The molecule has 8 rings (SSSR count). The van der Waals surface area contributed by atoms with Gasteiger partial charge in [0.25, 0.3) is 11.8 Å². The van der Waals surface area contributed by atoms with E-state index in [0.717, 1.165) is 71.5 Å². The summed E-state index contributed by atoms with van der Waals surface area (Å²) in [6.07, 6.45) is 2.67. The van der Waals surface area contributed by atoms with E-state index in [9.17, 15) is 24.1 Å². The second-order valence-electron chi connectivity index (χ2n) is 15.4. The second kappa shape index (κ2) is 15.0. The molecule has 5 heterocycles. The van der Waals surface area contributed by atoms with Gasteiger partial charge in [-0.3, -0.25) is 9.78 Å². The summed E-state index contributed by atoms with van der Waals surface area (Å²) in [5.41, 5.74) is 7.08. The van der Waals surface area contributed by atoms with Crippen LogP contribution in [-0.2, 0) is 28.2 Å². The van der Waals surface area contributed by atoms with Gasteiger partial charge in [0.2, 0.25) is 0 Å². The van der Waals surface area contributed by atoms with Crippen LogP contribution in [0.1, 0.15) is 53.5 Å². The monoisotopic (exact) mass is 808 g/mol. The molecule has 12 heteroatoms. The predicted molar refractivity (Wildman–Crippen MR) is 211 cm³/mol. The van der Waals surface area contributed by atoms with Gasteiger partial charge in [-0.1, -0.05) is 40.2 Å².